The predicted molar refractivity (Wildman–Crippen MR) is 150 cm³/mol. The molecule has 4 aromatic rings. The Balaban J connectivity index is 0.000000907. The molecule has 0 amide bonds. The first kappa shape index (κ1) is 27.5. The third-order valence-electron chi connectivity index (χ3n) is 6.12. The topological polar surface area (TPSA) is 66.8 Å². The zero-order valence-corrected chi connectivity index (χ0v) is 22.1. The summed E-state index contributed by atoms with van der Waals surface area (Å²) >= 11 is 0. The van der Waals surface area contributed by atoms with Crippen LogP contribution < -0.4 is 4.74 Å². The summed E-state index contributed by atoms with van der Waals surface area (Å²) in [6.45, 7) is 8.00. The lowest BCUT2D eigenvalue weighted by atomic mass is 9.87. The number of hydrogen-bond acceptors (Lipinski definition) is 4. The average molecular weight is 497 g/mol. The van der Waals surface area contributed by atoms with E-state index in [0.717, 1.165) is 16.7 Å². The van der Waals surface area contributed by atoms with Crippen molar-refractivity contribution < 1.29 is 19.7 Å². The zero-order valence-electron chi connectivity index (χ0n) is 22.1. The van der Waals surface area contributed by atoms with E-state index >= 15 is 0 Å². The van der Waals surface area contributed by atoms with Crippen LogP contribution in [-0.2, 0) is 12.8 Å². The van der Waals surface area contributed by atoms with Gasteiger partial charge in [0, 0.05) is 24.0 Å². The van der Waals surface area contributed by atoms with Gasteiger partial charge < -0.3 is 14.9 Å². The van der Waals surface area contributed by atoms with Gasteiger partial charge in [0.05, 0.1) is 6.42 Å². The van der Waals surface area contributed by atoms with E-state index in [9.17, 15) is 15.0 Å². The fourth-order valence-electron chi connectivity index (χ4n) is 4.44. The van der Waals surface area contributed by atoms with Crippen LogP contribution in [0.3, 0.4) is 0 Å². The summed E-state index contributed by atoms with van der Waals surface area (Å²) < 4.78 is 6.32. The summed E-state index contributed by atoms with van der Waals surface area (Å²) in [5.41, 5.74) is 3.82. The maximum Gasteiger partial charge on any atom is 0.174 e. The quantitative estimate of drug-likeness (QED) is 0.293. The first-order valence-electron chi connectivity index (χ1n) is 13.0. The Hall–Kier alpha value is -4.05. The summed E-state index contributed by atoms with van der Waals surface area (Å²) in [6.07, 6.45) is 0.346. The third-order valence-corrected chi connectivity index (χ3v) is 6.12. The maximum absolute atomic E-state index is 13.3. The van der Waals surface area contributed by atoms with Crippen molar-refractivity contribution >= 4 is 5.78 Å². The molecule has 4 aromatic carbocycles. The Bertz CT molecular complexity index is 1280. The summed E-state index contributed by atoms with van der Waals surface area (Å²) in [5, 5.41) is 22.5. The summed E-state index contributed by atoms with van der Waals surface area (Å²) in [5.74, 6) is -0.137. The van der Waals surface area contributed by atoms with E-state index < -0.39 is 6.10 Å². The molecule has 2 N–H and O–H groups in total. The van der Waals surface area contributed by atoms with Crippen molar-refractivity contribution in [3.8, 4) is 17.2 Å². The third kappa shape index (κ3) is 6.21. The largest absolute Gasteiger partial charge is 0.507 e. The molecule has 0 saturated carbocycles. The van der Waals surface area contributed by atoms with Gasteiger partial charge in [-0.25, -0.2) is 0 Å². The number of phenols is 2. The van der Waals surface area contributed by atoms with E-state index in [2.05, 4.69) is 0 Å². The number of rotatable bonds is 5. The van der Waals surface area contributed by atoms with Gasteiger partial charge >= 0.3 is 0 Å². The van der Waals surface area contributed by atoms with E-state index in [-0.39, 0.29) is 35.0 Å². The van der Waals surface area contributed by atoms with Crippen LogP contribution >= 0.6 is 0 Å². The summed E-state index contributed by atoms with van der Waals surface area (Å²) in [6, 6.07) is 28.9. The second kappa shape index (κ2) is 13.3. The predicted octanol–water partition coefficient (Wildman–Crippen LogP) is 8.04. The molecular formula is C33H36O4. The molecule has 4 nitrogen and oxygen atoms in total. The van der Waals surface area contributed by atoms with Crippen LogP contribution in [0, 0.1) is 0 Å². The Morgan fingerprint density at radius 1 is 0.676 bits per heavy atom. The second-order valence-corrected chi connectivity index (χ2v) is 8.33. The molecule has 37 heavy (non-hydrogen) atoms. The highest BCUT2D eigenvalue weighted by Gasteiger charge is 2.35. The lowest BCUT2D eigenvalue weighted by Gasteiger charge is -2.29. The van der Waals surface area contributed by atoms with E-state index in [0.29, 0.717) is 24.0 Å². The number of Topliss-reactive ketones (excluding diaryl/α,β-unsaturated/α-hetero) is 1. The highest BCUT2D eigenvalue weighted by atomic mass is 16.5. The Labute approximate surface area is 220 Å². The van der Waals surface area contributed by atoms with E-state index in [1.165, 1.54) is 0 Å². The smallest absolute Gasteiger partial charge is 0.174 e. The lowest BCUT2D eigenvalue weighted by molar-refractivity contribution is 0.0842. The molecule has 192 valence electrons. The van der Waals surface area contributed by atoms with E-state index in [4.69, 9.17) is 4.74 Å². The van der Waals surface area contributed by atoms with Gasteiger partial charge in [-0.3, -0.25) is 4.79 Å². The first-order valence-corrected chi connectivity index (χ1v) is 13.0. The highest BCUT2D eigenvalue weighted by Crippen LogP contribution is 2.49. The minimum absolute atomic E-state index is 0.0273. The van der Waals surface area contributed by atoms with Crippen molar-refractivity contribution in [2.24, 2.45) is 0 Å². The standard InChI is InChI=1S/C29H24O4.2C2H6/c30-24-18-25(21-14-8-3-9-15-21)33-29-23(17-20-12-6-2-7-13-20)27(31)22(28(32)26(24)29)16-19-10-4-1-5-11-19;2*1-2/h1-15,25,31-32H,16-18H2;2*1-2H3. The molecule has 5 rings (SSSR count). The molecule has 4 heteroatoms. The summed E-state index contributed by atoms with van der Waals surface area (Å²) in [4.78, 5) is 13.3. The van der Waals surface area contributed by atoms with Crippen molar-refractivity contribution in [2.75, 3.05) is 0 Å². The number of fused-ring (bicyclic) bond motifs is 1. The number of benzene rings is 4. The van der Waals surface area contributed by atoms with Gasteiger partial charge in [0.15, 0.2) is 5.78 Å². The average Bonchev–Trinajstić information content (AvgIpc) is 2.96. The normalized spacial score (nSPS) is 13.7. The zero-order chi connectivity index (χ0) is 26.8. The van der Waals surface area contributed by atoms with Crippen molar-refractivity contribution in [3.63, 3.8) is 0 Å². The van der Waals surface area contributed by atoms with Crippen LogP contribution in [0.4, 0.5) is 0 Å². The first-order chi connectivity index (χ1) is 18.1. The van der Waals surface area contributed by atoms with Crippen molar-refractivity contribution in [1.29, 1.82) is 0 Å². The number of hydrogen-bond donors (Lipinski definition) is 2. The van der Waals surface area contributed by atoms with Crippen molar-refractivity contribution in [1.82, 2.24) is 0 Å². The van der Waals surface area contributed by atoms with Gasteiger partial charge in [0.1, 0.15) is 28.9 Å². The molecule has 1 aliphatic rings. The number of ketones is 1. The Morgan fingerprint density at radius 3 is 1.65 bits per heavy atom. The monoisotopic (exact) mass is 496 g/mol. The van der Waals surface area contributed by atoms with Crippen LogP contribution in [0.25, 0.3) is 0 Å². The Morgan fingerprint density at radius 2 is 1.14 bits per heavy atom. The van der Waals surface area contributed by atoms with Gasteiger partial charge in [0.25, 0.3) is 0 Å². The van der Waals surface area contributed by atoms with Crippen LogP contribution in [0.5, 0.6) is 17.2 Å². The number of ether oxygens (including phenoxy) is 1. The molecule has 0 fully saturated rings. The SMILES string of the molecule is CC.CC.O=C1CC(c2ccccc2)Oc2c(Cc3ccccc3)c(O)c(Cc3ccccc3)c(O)c21. The number of phenolic OH excluding ortho intramolecular Hbond substituents is 2. The number of carbonyl (C=O) groups excluding carboxylic acids is 1. The van der Waals surface area contributed by atoms with Crippen LogP contribution in [0.1, 0.15) is 78.4 Å². The van der Waals surface area contributed by atoms with Gasteiger partial charge in [-0.05, 0) is 16.7 Å². The van der Waals surface area contributed by atoms with E-state index in [1.807, 2.05) is 119 Å². The van der Waals surface area contributed by atoms with Gasteiger partial charge in [-0.2, -0.15) is 0 Å². The molecule has 1 aliphatic heterocycles. The fourth-order valence-corrected chi connectivity index (χ4v) is 4.44. The van der Waals surface area contributed by atoms with Gasteiger partial charge in [0.2, 0.25) is 0 Å². The van der Waals surface area contributed by atoms with Crippen molar-refractivity contribution in [3.05, 3.63) is 124 Å². The van der Waals surface area contributed by atoms with E-state index in [1.54, 1.807) is 0 Å². The lowest BCUT2D eigenvalue weighted by Crippen LogP contribution is -2.22. The molecule has 1 heterocycles. The Kier molecular flexibility index (Phi) is 9.91. The molecule has 0 bridgehead atoms. The molecule has 0 radical (unpaired) electrons. The minimum atomic E-state index is -0.473. The molecule has 0 aromatic heterocycles. The second-order valence-electron chi connectivity index (χ2n) is 8.33. The van der Waals surface area contributed by atoms with Gasteiger partial charge in [-0.15, -0.1) is 0 Å². The number of carbonyl (C=O) groups is 1. The molecule has 0 aliphatic carbocycles. The molecule has 0 spiro atoms. The number of aromatic hydroxyl groups is 2. The molecule has 1 atom stereocenters. The molecule has 0 saturated heterocycles. The minimum Gasteiger partial charge on any atom is -0.507 e. The summed E-state index contributed by atoms with van der Waals surface area (Å²) in [7, 11) is 0. The van der Waals surface area contributed by atoms with Crippen LogP contribution in [0.15, 0.2) is 91.0 Å². The highest BCUT2D eigenvalue weighted by molar-refractivity contribution is 6.04. The molecular weight excluding hydrogens is 460 g/mol. The van der Waals surface area contributed by atoms with Gasteiger partial charge in [-0.1, -0.05) is 119 Å². The van der Waals surface area contributed by atoms with Crippen molar-refractivity contribution in [2.45, 2.75) is 53.1 Å². The van der Waals surface area contributed by atoms with Crippen LogP contribution in [-0.4, -0.2) is 16.0 Å². The molecule has 1 unspecified atom stereocenters. The van der Waals surface area contributed by atoms with Crippen LogP contribution in [0.2, 0.25) is 0 Å². The fraction of sp³-hybridized carbons (Fsp3) is 0.242. The maximum atomic E-state index is 13.3.